The molecular formula is C17H28IN5O2. The van der Waals surface area contributed by atoms with E-state index in [2.05, 4.69) is 33.6 Å². The van der Waals surface area contributed by atoms with Crippen molar-refractivity contribution in [2.75, 3.05) is 33.8 Å². The summed E-state index contributed by atoms with van der Waals surface area (Å²) in [5, 5.41) is 6.78. The minimum atomic E-state index is -0.247. The highest BCUT2D eigenvalue weighted by Crippen LogP contribution is 2.11. The highest BCUT2D eigenvalue weighted by atomic mass is 127. The summed E-state index contributed by atoms with van der Waals surface area (Å²) in [7, 11) is 3.19. The third kappa shape index (κ3) is 6.68. The van der Waals surface area contributed by atoms with Crippen molar-refractivity contribution in [1.29, 1.82) is 0 Å². The van der Waals surface area contributed by atoms with E-state index in [1.54, 1.807) is 11.9 Å². The predicted molar refractivity (Wildman–Crippen MR) is 110 cm³/mol. The molecule has 0 spiro atoms. The summed E-state index contributed by atoms with van der Waals surface area (Å²) in [6, 6.07) is 2.37. The number of methoxy groups -OCH3 is 1. The van der Waals surface area contributed by atoms with Gasteiger partial charge in [0.05, 0.1) is 7.11 Å². The number of aliphatic imine (C=N–C) groups is 1. The molecule has 1 saturated heterocycles. The quantitative estimate of drug-likeness (QED) is 0.407. The topological polar surface area (TPSA) is 78.9 Å². The number of likely N-dealkylation sites (tertiary alicyclic amines) is 1. The number of pyridine rings is 1. The summed E-state index contributed by atoms with van der Waals surface area (Å²) >= 11 is 0. The molecule has 25 heavy (non-hydrogen) atoms. The minimum Gasteiger partial charge on any atom is -0.453 e. The summed E-state index contributed by atoms with van der Waals surface area (Å²) < 4.78 is 4.76. The van der Waals surface area contributed by atoms with Crippen LogP contribution in [0.15, 0.2) is 23.5 Å². The lowest BCUT2D eigenvalue weighted by Gasteiger charge is -2.32. The first-order chi connectivity index (χ1) is 11.6. The van der Waals surface area contributed by atoms with Gasteiger partial charge in [0.1, 0.15) is 0 Å². The van der Waals surface area contributed by atoms with Gasteiger partial charge in [-0.25, -0.2) is 4.79 Å². The Labute approximate surface area is 166 Å². The maximum atomic E-state index is 11.5. The first kappa shape index (κ1) is 21.5. The normalized spacial score (nSPS) is 15.3. The molecule has 1 aromatic rings. The van der Waals surface area contributed by atoms with Crippen molar-refractivity contribution in [3.8, 4) is 0 Å². The molecule has 0 radical (unpaired) electrons. The minimum absolute atomic E-state index is 0. The summed E-state index contributed by atoms with van der Waals surface area (Å²) in [5.74, 6) is 0.804. The molecule has 1 aliphatic heterocycles. The van der Waals surface area contributed by atoms with E-state index in [4.69, 9.17) is 4.74 Å². The van der Waals surface area contributed by atoms with Gasteiger partial charge in [0.25, 0.3) is 0 Å². The SMILES string of the molecule is CN=C(NCCc1ccncc1C)NC1CCN(C(=O)OC)CC1.I. The van der Waals surface area contributed by atoms with Gasteiger partial charge in [0.15, 0.2) is 5.96 Å². The lowest BCUT2D eigenvalue weighted by Crippen LogP contribution is -2.50. The van der Waals surface area contributed by atoms with Crippen LogP contribution < -0.4 is 10.6 Å². The number of ether oxygens (including phenoxy) is 1. The maximum Gasteiger partial charge on any atom is 0.409 e. The Hall–Kier alpha value is -1.58. The third-order valence-electron chi connectivity index (χ3n) is 4.32. The van der Waals surface area contributed by atoms with Crippen molar-refractivity contribution in [3.63, 3.8) is 0 Å². The number of carbonyl (C=O) groups is 1. The molecule has 0 bridgehead atoms. The molecule has 7 nitrogen and oxygen atoms in total. The number of nitrogens with zero attached hydrogens (tertiary/aromatic N) is 3. The van der Waals surface area contributed by atoms with Crippen molar-refractivity contribution < 1.29 is 9.53 Å². The molecule has 1 aromatic heterocycles. The van der Waals surface area contributed by atoms with E-state index in [0.29, 0.717) is 19.1 Å². The zero-order chi connectivity index (χ0) is 17.4. The van der Waals surface area contributed by atoms with Crippen LogP contribution in [-0.4, -0.2) is 61.8 Å². The Kier molecular flexibility index (Phi) is 9.54. The molecule has 0 atom stereocenters. The number of piperidine rings is 1. The lowest BCUT2D eigenvalue weighted by atomic mass is 10.1. The van der Waals surface area contributed by atoms with E-state index in [0.717, 1.165) is 31.8 Å². The van der Waals surface area contributed by atoms with E-state index in [9.17, 15) is 4.79 Å². The van der Waals surface area contributed by atoms with Gasteiger partial charge in [0, 0.05) is 45.1 Å². The fourth-order valence-electron chi connectivity index (χ4n) is 2.82. The van der Waals surface area contributed by atoms with E-state index in [-0.39, 0.29) is 30.1 Å². The second-order valence-corrected chi connectivity index (χ2v) is 5.93. The fraction of sp³-hybridized carbons (Fsp3) is 0.588. The van der Waals surface area contributed by atoms with Gasteiger partial charge in [-0.05, 0) is 43.4 Å². The number of halogens is 1. The van der Waals surface area contributed by atoms with Crippen LogP contribution in [0.25, 0.3) is 0 Å². The first-order valence-electron chi connectivity index (χ1n) is 8.33. The third-order valence-corrected chi connectivity index (χ3v) is 4.32. The summed E-state index contributed by atoms with van der Waals surface area (Å²) in [6.07, 6.45) is 6.17. The van der Waals surface area contributed by atoms with Gasteiger partial charge < -0.3 is 20.3 Å². The van der Waals surface area contributed by atoms with Gasteiger partial charge in [-0.1, -0.05) is 0 Å². The Morgan fingerprint density at radius 3 is 2.76 bits per heavy atom. The maximum absolute atomic E-state index is 11.5. The van der Waals surface area contributed by atoms with E-state index in [1.807, 2.05) is 12.4 Å². The first-order valence-corrected chi connectivity index (χ1v) is 8.33. The average Bonchev–Trinajstić information content (AvgIpc) is 2.62. The van der Waals surface area contributed by atoms with Crippen molar-refractivity contribution in [3.05, 3.63) is 29.6 Å². The number of amides is 1. The molecule has 2 N–H and O–H groups in total. The van der Waals surface area contributed by atoms with Crippen LogP contribution >= 0.6 is 24.0 Å². The molecule has 0 aliphatic carbocycles. The van der Waals surface area contributed by atoms with E-state index >= 15 is 0 Å². The number of hydrogen-bond donors (Lipinski definition) is 2. The van der Waals surface area contributed by atoms with Crippen molar-refractivity contribution >= 4 is 36.0 Å². The standard InChI is InChI=1S/C17H27N5O2.HI/c1-13-12-19-8-4-14(13)5-9-20-16(18-2)21-15-6-10-22(11-7-15)17(23)24-3;/h4,8,12,15H,5-7,9-11H2,1-3H3,(H2,18,20,21);1H. The molecule has 2 rings (SSSR count). The number of aromatic nitrogens is 1. The number of guanidine groups is 1. The van der Waals surface area contributed by atoms with Gasteiger partial charge in [-0.2, -0.15) is 0 Å². The zero-order valence-electron chi connectivity index (χ0n) is 15.1. The second kappa shape index (κ2) is 11.1. The number of carbonyl (C=O) groups excluding carboxylic acids is 1. The molecule has 1 aliphatic rings. The van der Waals surface area contributed by atoms with Gasteiger partial charge in [-0.3, -0.25) is 9.98 Å². The summed E-state index contributed by atoms with van der Waals surface area (Å²) in [5.41, 5.74) is 2.50. The smallest absolute Gasteiger partial charge is 0.409 e. The van der Waals surface area contributed by atoms with Crippen LogP contribution in [0.5, 0.6) is 0 Å². The fourth-order valence-corrected chi connectivity index (χ4v) is 2.82. The number of hydrogen-bond acceptors (Lipinski definition) is 4. The number of aryl methyl sites for hydroxylation is 1. The molecule has 0 aromatic carbocycles. The molecule has 140 valence electrons. The van der Waals surface area contributed by atoms with Gasteiger partial charge in [0.2, 0.25) is 0 Å². The predicted octanol–water partition coefficient (Wildman–Crippen LogP) is 1.95. The molecule has 0 unspecified atom stereocenters. The highest BCUT2D eigenvalue weighted by Gasteiger charge is 2.23. The van der Waals surface area contributed by atoms with E-state index < -0.39 is 0 Å². The Morgan fingerprint density at radius 1 is 1.44 bits per heavy atom. The zero-order valence-corrected chi connectivity index (χ0v) is 17.4. The number of rotatable bonds is 4. The largest absolute Gasteiger partial charge is 0.453 e. The molecule has 2 heterocycles. The van der Waals surface area contributed by atoms with Crippen molar-refractivity contribution in [1.82, 2.24) is 20.5 Å². The second-order valence-electron chi connectivity index (χ2n) is 5.93. The van der Waals surface area contributed by atoms with Crippen LogP contribution in [0.2, 0.25) is 0 Å². The van der Waals surface area contributed by atoms with Crippen molar-refractivity contribution in [2.45, 2.75) is 32.2 Å². The summed E-state index contributed by atoms with van der Waals surface area (Å²) in [4.78, 5) is 21.6. The van der Waals surface area contributed by atoms with Crippen LogP contribution in [0, 0.1) is 6.92 Å². The van der Waals surface area contributed by atoms with Crippen molar-refractivity contribution in [2.24, 2.45) is 4.99 Å². The van der Waals surface area contributed by atoms with Crippen LogP contribution in [0.3, 0.4) is 0 Å². The highest BCUT2D eigenvalue weighted by molar-refractivity contribution is 14.0. The summed E-state index contributed by atoms with van der Waals surface area (Å²) in [6.45, 7) is 4.30. The van der Waals surface area contributed by atoms with Gasteiger partial charge >= 0.3 is 6.09 Å². The Bertz CT molecular complexity index is 574. The lowest BCUT2D eigenvalue weighted by molar-refractivity contribution is 0.111. The monoisotopic (exact) mass is 461 g/mol. The molecular weight excluding hydrogens is 433 g/mol. The van der Waals surface area contributed by atoms with Crippen LogP contribution in [0.4, 0.5) is 4.79 Å². The van der Waals surface area contributed by atoms with E-state index in [1.165, 1.54) is 18.2 Å². The van der Waals surface area contributed by atoms with Gasteiger partial charge in [-0.15, -0.1) is 24.0 Å². The van der Waals surface area contributed by atoms with Crippen LogP contribution in [-0.2, 0) is 11.2 Å². The van der Waals surface area contributed by atoms with Crippen LogP contribution in [0.1, 0.15) is 24.0 Å². The molecule has 1 amide bonds. The average molecular weight is 461 g/mol. The molecule has 1 fully saturated rings. The number of nitrogens with one attached hydrogen (secondary N) is 2. The molecule has 8 heteroatoms. The Morgan fingerprint density at radius 2 is 2.16 bits per heavy atom. The molecule has 0 saturated carbocycles. The Balaban J connectivity index is 0.00000312.